The molecule has 0 spiro atoms. The van der Waals surface area contributed by atoms with Gasteiger partial charge in [-0.25, -0.2) is 0 Å². The molecule has 1 aliphatic heterocycles. The Bertz CT molecular complexity index is 69.9. The van der Waals surface area contributed by atoms with Crippen molar-refractivity contribution in [3.05, 3.63) is 11.5 Å². The van der Waals surface area contributed by atoms with Gasteiger partial charge in [0, 0.05) is 11.8 Å². The van der Waals surface area contributed by atoms with Gasteiger partial charge in [0.05, 0.1) is 0 Å². The molecule has 0 saturated carbocycles. The highest BCUT2D eigenvalue weighted by molar-refractivity contribution is 8.02. The second kappa shape index (κ2) is 1.67. The van der Waals surface area contributed by atoms with E-state index in [9.17, 15) is 0 Å². The summed E-state index contributed by atoms with van der Waals surface area (Å²) in [5, 5.41) is 2.05. The fourth-order valence-electron chi connectivity index (χ4n) is 0.379. The van der Waals surface area contributed by atoms with Crippen molar-refractivity contribution in [1.82, 2.24) is 0 Å². The van der Waals surface area contributed by atoms with Crippen molar-refractivity contribution in [3.8, 4) is 0 Å². The third-order valence-corrected chi connectivity index (χ3v) is 1.64. The Balaban J connectivity index is 2.38. The van der Waals surface area contributed by atoms with E-state index in [1.807, 2.05) is 11.5 Å². The molecule has 0 unspecified atom stereocenters. The van der Waals surface area contributed by atoms with Gasteiger partial charge in [0.15, 0.2) is 0 Å². The van der Waals surface area contributed by atoms with Crippen LogP contribution in [0, 0.1) is 0 Å². The Kier molecular flexibility index (Phi) is 1.17. The van der Waals surface area contributed by atoms with E-state index in [1.54, 1.807) is 11.8 Å². The van der Waals surface area contributed by atoms with Crippen LogP contribution in [0.4, 0.5) is 0 Å². The van der Waals surface area contributed by atoms with Gasteiger partial charge in [-0.1, -0.05) is 6.08 Å². The lowest BCUT2D eigenvalue weighted by atomic mass is 10.4. The highest BCUT2D eigenvalue weighted by Gasteiger charge is 1.99. The molecule has 1 aliphatic rings. The van der Waals surface area contributed by atoms with E-state index in [1.165, 1.54) is 0 Å². The quantitative estimate of drug-likeness (QED) is 0.483. The van der Waals surface area contributed by atoms with Gasteiger partial charge in [-0.3, -0.25) is 0 Å². The Morgan fingerprint density at radius 1 is 1.83 bits per heavy atom. The van der Waals surface area contributed by atoms with Crippen LogP contribution in [0.15, 0.2) is 11.5 Å². The number of rotatable bonds is 0. The molecule has 1 rings (SSSR count). The van der Waals surface area contributed by atoms with Crippen LogP contribution in [-0.2, 0) is 0 Å². The summed E-state index contributed by atoms with van der Waals surface area (Å²) >= 11 is 1.78. The zero-order chi connectivity index (χ0) is 4.41. The molecule has 34 valence electrons. The Morgan fingerprint density at radius 2 is 2.67 bits per heavy atom. The lowest BCUT2D eigenvalue weighted by Crippen LogP contribution is -2.15. The lowest BCUT2D eigenvalue weighted by molar-refractivity contribution is 0.955. The SMILES string of the molecule is N[C@@H]1C=CSC1. The fourth-order valence-corrected chi connectivity index (χ4v) is 1.14. The Hall–Kier alpha value is 0.0500. The minimum absolute atomic E-state index is 0.329. The molecule has 0 bridgehead atoms. The summed E-state index contributed by atoms with van der Waals surface area (Å²) in [6.45, 7) is 0. The van der Waals surface area contributed by atoms with Crippen LogP contribution in [0.3, 0.4) is 0 Å². The third-order valence-electron chi connectivity index (χ3n) is 0.711. The molecule has 0 aromatic heterocycles. The Labute approximate surface area is 41.6 Å². The number of hydrogen-bond acceptors (Lipinski definition) is 2. The first-order valence-corrected chi connectivity index (χ1v) is 2.98. The highest BCUT2D eigenvalue weighted by Crippen LogP contribution is 2.11. The minimum atomic E-state index is 0.329. The van der Waals surface area contributed by atoms with Crippen molar-refractivity contribution >= 4 is 11.8 Å². The number of hydrogen-bond donors (Lipinski definition) is 1. The second-order valence-corrected chi connectivity index (χ2v) is 2.26. The molecule has 0 radical (unpaired) electrons. The van der Waals surface area contributed by atoms with Crippen LogP contribution in [0.2, 0.25) is 0 Å². The molecule has 1 atom stereocenters. The van der Waals surface area contributed by atoms with Gasteiger partial charge in [0.2, 0.25) is 0 Å². The molecular weight excluding hydrogens is 94.1 g/mol. The van der Waals surface area contributed by atoms with E-state index in [-0.39, 0.29) is 0 Å². The third kappa shape index (κ3) is 0.758. The molecule has 0 fully saturated rings. The van der Waals surface area contributed by atoms with E-state index in [0.717, 1.165) is 5.75 Å². The van der Waals surface area contributed by atoms with E-state index in [2.05, 4.69) is 0 Å². The highest BCUT2D eigenvalue weighted by atomic mass is 32.2. The first-order chi connectivity index (χ1) is 2.89. The monoisotopic (exact) mass is 101 g/mol. The first kappa shape index (κ1) is 4.22. The van der Waals surface area contributed by atoms with Crippen LogP contribution >= 0.6 is 11.8 Å². The van der Waals surface area contributed by atoms with Gasteiger partial charge in [-0.2, -0.15) is 0 Å². The molecule has 2 heteroatoms. The molecule has 6 heavy (non-hydrogen) atoms. The van der Waals surface area contributed by atoms with Crippen molar-refractivity contribution in [2.75, 3.05) is 5.75 Å². The van der Waals surface area contributed by atoms with E-state index < -0.39 is 0 Å². The van der Waals surface area contributed by atoms with Crippen molar-refractivity contribution in [3.63, 3.8) is 0 Å². The van der Waals surface area contributed by atoms with Crippen LogP contribution in [-0.4, -0.2) is 11.8 Å². The summed E-state index contributed by atoms with van der Waals surface area (Å²) in [5.74, 6) is 1.07. The van der Waals surface area contributed by atoms with E-state index in [0.29, 0.717) is 6.04 Å². The zero-order valence-electron chi connectivity index (χ0n) is 3.42. The summed E-state index contributed by atoms with van der Waals surface area (Å²) in [4.78, 5) is 0. The van der Waals surface area contributed by atoms with Crippen LogP contribution in [0.25, 0.3) is 0 Å². The minimum Gasteiger partial charge on any atom is -0.324 e. The van der Waals surface area contributed by atoms with Crippen molar-refractivity contribution in [2.24, 2.45) is 5.73 Å². The van der Waals surface area contributed by atoms with Crippen LogP contribution in [0.5, 0.6) is 0 Å². The van der Waals surface area contributed by atoms with Crippen LogP contribution < -0.4 is 5.73 Å². The summed E-state index contributed by atoms with van der Waals surface area (Å²) in [6, 6.07) is 0.329. The smallest absolute Gasteiger partial charge is 0.0327 e. The molecule has 0 amide bonds. The maximum absolute atomic E-state index is 5.43. The number of thioether (sulfide) groups is 1. The van der Waals surface area contributed by atoms with Gasteiger partial charge in [0.25, 0.3) is 0 Å². The van der Waals surface area contributed by atoms with Gasteiger partial charge < -0.3 is 5.73 Å². The zero-order valence-corrected chi connectivity index (χ0v) is 4.24. The van der Waals surface area contributed by atoms with Crippen LogP contribution in [0.1, 0.15) is 0 Å². The molecule has 2 N–H and O–H groups in total. The molecule has 0 aromatic rings. The largest absolute Gasteiger partial charge is 0.324 e. The molecule has 1 heterocycles. The van der Waals surface area contributed by atoms with Crippen molar-refractivity contribution in [1.29, 1.82) is 0 Å². The maximum atomic E-state index is 5.43. The van der Waals surface area contributed by atoms with Gasteiger partial charge in [-0.15, -0.1) is 11.8 Å². The van der Waals surface area contributed by atoms with Gasteiger partial charge in [-0.05, 0) is 5.41 Å². The second-order valence-electron chi connectivity index (χ2n) is 1.33. The standard InChI is InChI=1S/C4H7NS/c5-4-1-2-6-3-4/h1-2,4H,3,5H2/t4-/m1/s1. The molecule has 1 nitrogen and oxygen atoms in total. The van der Waals surface area contributed by atoms with Crippen molar-refractivity contribution in [2.45, 2.75) is 6.04 Å². The molecule has 0 saturated heterocycles. The number of nitrogens with two attached hydrogens (primary N) is 1. The summed E-state index contributed by atoms with van der Waals surface area (Å²) in [5.41, 5.74) is 5.43. The molecule has 0 aliphatic carbocycles. The average Bonchev–Trinajstić information content (AvgIpc) is 1.86. The normalized spacial score (nSPS) is 31.8. The average molecular weight is 101 g/mol. The summed E-state index contributed by atoms with van der Waals surface area (Å²) < 4.78 is 0. The summed E-state index contributed by atoms with van der Waals surface area (Å²) in [7, 11) is 0. The fraction of sp³-hybridized carbons (Fsp3) is 0.500. The van der Waals surface area contributed by atoms with Crippen molar-refractivity contribution < 1.29 is 0 Å². The maximum Gasteiger partial charge on any atom is 0.0327 e. The molecule has 0 aromatic carbocycles. The topological polar surface area (TPSA) is 26.0 Å². The Morgan fingerprint density at radius 3 is 2.83 bits per heavy atom. The predicted octanol–water partition coefficient (Wildman–Crippen LogP) is 0.574. The molecular formula is C4H7NS. The summed E-state index contributed by atoms with van der Waals surface area (Å²) in [6.07, 6.45) is 2.02. The predicted molar refractivity (Wildman–Crippen MR) is 29.6 cm³/mol. The van der Waals surface area contributed by atoms with E-state index in [4.69, 9.17) is 5.73 Å². The lowest BCUT2D eigenvalue weighted by Gasteiger charge is -1.89. The first-order valence-electron chi connectivity index (χ1n) is 1.93. The van der Waals surface area contributed by atoms with Gasteiger partial charge >= 0.3 is 0 Å². The van der Waals surface area contributed by atoms with E-state index >= 15 is 0 Å². The van der Waals surface area contributed by atoms with Gasteiger partial charge in [0.1, 0.15) is 0 Å².